The van der Waals surface area contributed by atoms with Gasteiger partial charge in [-0.25, -0.2) is 4.99 Å². The van der Waals surface area contributed by atoms with Gasteiger partial charge in [0.25, 0.3) is 5.91 Å². The second-order valence-electron chi connectivity index (χ2n) is 5.24. The zero-order chi connectivity index (χ0) is 18.1. The Morgan fingerprint density at radius 3 is 2.24 bits per heavy atom. The molecule has 2 heterocycles. The van der Waals surface area contributed by atoms with Crippen LogP contribution in [0.5, 0.6) is 17.2 Å². The highest BCUT2D eigenvalue weighted by atomic mass is 16.5. The van der Waals surface area contributed by atoms with Gasteiger partial charge in [0.05, 0.1) is 32.9 Å². The van der Waals surface area contributed by atoms with Gasteiger partial charge in [-0.1, -0.05) is 0 Å². The van der Waals surface area contributed by atoms with E-state index in [1.54, 1.807) is 12.1 Å². The largest absolute Gasteiger partial charge is 0.493 e. The number of nitrogens with zero attached hydrogens (tertiary/aromatic N) is 3. The van der Waals surface area contributed by atoms with E-state index in [1.165, 1.54) is 27.5 Å². The van der Waals surface area contributed by atoms with Crippen molar-refractivity contribution < 1.29 is 19.0 Å². The first-order valence-electron chi connectivity index (χ1n) is 7.31. The number of carbonyl (C=O) groups is 1. The quantitative estimate of drug-likeness (QED) is 0.792. The Balaban J connectivity index is 2.08. The third-order valence-electron chi connectivity index (χ3n) is 3.87. The first-order chi connectivity index (χ1) is 12.0. The number of guanidine groups is 1. The molecule has 9 nitrogen and oxygen atoms in total. The number of fused-ring (bicyclic) bond motifs is 1. The summed E-state index contributed by atoms with van der Waals surface area (Å²) in [6.07, 6.45) is 1.49. The topological polar surface area (TPSA) is 134 Å². The normalized spacial score (nSPS) is 17.0. The summed E-state index contributed by atoms with van der Waals surface area (Å²) in [5, 5.41) is 0. The van der Waals surface area contributed by atoms with E-state index in [2.05, 4.69) is 15.0 Å². The first kappa shape index (κ1) is 16.7. The van der Waals surface area contributed by atoms with Gasteiger partial charge in [-0.05, 0) is 17.7 Å². The number of benzene rings is 1. The molecule has 130 valence electrons. The van der Waals surface area contributed by atoms with Gasteiger partial charge in [-0.2, -0.15) is 9.98 Å². The van der Waals surface area contributed by atoms with Crippen LogP contribution in [0, 0.1) is 0 Å². The van der Waals surface area contributed by atoms with Gasteiger partial charge >= 0.3 is 0 Å². The monoisotopic (exact) mass is 343 g/mol. The molecule has 1 atom stereocenters. The van der Waals surface area contributed by atoms with Crippen LogP contribution < -0.4 is 25.7 Å². The predicted octanol–water partition coefficient (Wildman–Crippen LogP) is 0.347. The Bertz CT molecular complexity index is 844. The highest BCUT2D eigenvalue weighted by Crippen LogP contribution is 2.41. The minimum absolute atomic E-state index is 0.122. The number of carbonyl (C=O) groups excluding carboxylic acids is 1. The van der Waals surface area contributed by atoms with E-state index in [0.29, 0.717) is 28.4 Å². The Kier molecular flexibility index (Phi) is 4.24. The molecule has 0 radical (unpaired) electrons. The van der Waals surface area contributed by atoms with Crippen molar-refractivity contribution >= 4 is 23.9 Å². The van der Waals surface area contributed by atoms with Crippen LogP contribution in [0.1, 0.15) is 11.6 Å². The number of nitrogens with two attached hydrogens (primary N) is 2. The Hall–Kier alpha value is -3.20. The zero-order valence-electron chi connectivity index (χ0n) is 13.9. The molecule has 4 N–H and O–H groups in total. The number of methoxy groups -OCH3 is 3. The van der Waals surface area contributed by atoms with Crippen molar-refractivity contribution in [2.45, 2.75) is 6.04 Å². The van der Waals surface area contributed by atoms with Crippen LogP contribution in [-0.2, 0) is 4.79 Å². The Morgan fingerprint density at radius 1 is 1.04 bits per heavy atom. The van der Waals surface area contributed by atoms with Gasteiger partial charge in [-0.15, -0.1) is 0 Å². The number of aliphatic imine (C=N–C) groups is 3. The van der Waals surface area contributed by atoms with Crippen molar-refractivity contribution in [3.63, 3.8) is 0 Å². The van der Waals surface area contributed by atoms with Crippen LogP contribution in [0.2, 0.25) is 0 Å². The van der Waals surface area contributed by atoms with Crippen LogP contribution in [0.4, 0.5) is 0 Å². The second-order valence-corrected chi connectivity index (χ2v) is 5.24. The summed E-state index contributed by atoms with van der Waals surface area (Å²) in [5.41, 5.74) is 13.2. The fourth-order valence-corrected chi connectivity index (χ4v) is 2.68. The molecule has 0 bridgehead atoms. The van der Waals surface area contributed by atoms with Gasteiger partial charge < -0.3 is 25.7 Å². The summed E-state index contributed by atoms with van der Waals surface area (Å²) >= 11 is 0. The van der Waals surface area contributed by atoms with E-state index in [9.17, 15) is 4.79 Å². The van der Waals surface area contributed by atoms with Gasteiger partial charge in [0.2, 0.25) is 11.7 Å². The van der Waals surface area contributed by atoms with Crippen molar-refractivity contribution in [3.05, 3.63) is 28.8 Å². The number of ether oxygens (including phenoxy) is 3. The maximum atomic E-state index is 12.2. The third kappa shape index (κ3) is 2.74. The standard InChI is InChI=1S/C16H17N5O4/c1-23-9-4-7(5-10(24-2)13(9)25-3)12(17)8-6-19-14-11(8)15(22)21-16(18)20-14/h4-6,12H,17H2,1-3H3,(H2,18,21,22). The number of hydrogen-bond donors (Lipinski definition) is 2. The minimum Gasteiger partial charge on any atom is -0.493 e. The molecule has 0 aliphatic carbocycles. The molecular weight excluding hydrogens is 326 g/mol. The minimum atomic E-state index is -0.668. The highest BCUT2D eigenvalue weighted by molar-refractivity contribution is 6.34. The summed E-state index contributed by atoms with van der Waals surface area (Å²) in [6.45, 7) is 0. The van der Waals surface area contributed by atoms with Crippen molar-refractivity contribution in [1.29, 1.82) is 0 Å². The Morgan fingerprint density at radius 2 is 1.68 bits per heavy atom. The summed E-state index contributed by atoms with van der Waals surface area (Å²) in [6, 6.07) is 2.76. The Labute approximate surface area is 143 Å². The van der Waals surface area contributed by atoms with Crippen molar-refractivity contribution in [2.24, 2.45) is 26.4 Å². The smallest absolute Gasteiger partial charge is 0.284 e. The van der Waals surface area contributed by atoms with E-state index < -0.39 is 11.9 Å². The van der Waals surface area contributed by atoms with E-state index in [1.807, 2.05) is 0 Å². The summed E-state index contributed by atoms with van der Waals surface area (Å²) < 4.78 is 16.0. The van der Waals surface area contributed by atoms with E-state index >= 15 is 0 Å². The lowest BCUT2D eigenvalue weighted by atomic mass is 9.95. The number of rotatable bonds is 5. The number of amides is 1. The van der Waals surface area contributed by atoms with Crippen molar-refractivity contribution in [3.8, 4) is 17.2 Å². The van der Waals surface area contributed by atoms with Gasteiger partial charge in [0.15, 0.2) is 17.3 Å². The fraction of sp³-hybridized carbons (Fsp3) is 0.250. The molecule has 25 heavy (non-hydrogen) atoms. The van der Waals surface area contributed by atoms with E-state index in [-0.39, 0.29) is 17.4 Å². The second kappa shape index (κ2) is 6.36. The summed E-state index contributed by atoms with van der Waals surface area (Å²) in [7, 11) is 4.54. The number of hydrogen-bond acceptors (Lipinski definition) is 8. The van der Waals surface area contributed by atoms with Crippen LogP contribution in [-0.4, -0.2) is 45.2 Å². The summed E-state index contributed by atoms with van der Waals surface area (Å²) in [5.74, 6) is 0.946. The first-order valence-corrected chi connectivity index (χ1v) is 7.31. The van der Waals surface area contributed by atoms with E-state index in [4.69, 9.17) is 25.7 Å². The third-order valence-corrected chi connectivity index (χ3v) is 3.87. The maximum absolute atomic E-state index is 12.2. The molecular formula is C16H17N5O4. The van der Waals surface area contributed by atoms with Gasteiger partial charge in [-0.3, -0.25) is 4.79 Å². The van der Waals surface area contributed by atoms with Crippen LogP contribution >= 0.6 is 0 Å². The molecule has 1 amide bonds. The molecule has 0 saturated carbocycles. The molecule has 2 aliphatic rings. The molecule has 1 aromatic carbocycles. The molecule has 9 heteroatoms. The van der Waals surface area contributed by atoms with Crippen molar-refractivity contribution in [1.82, 2.24) is 0 Å². The molecule has 0 spiro atoms. The average Bonchev–Trinajstić information content (AvgIpc) is 3.03. The van der Waals surface area contributed by atoms with Crippen LogP contribution in [0.15, 0.2) is 38.3 Å². The molecule has 0 saturated heterocycles. The fourth-order valence-electron chi connectivity index (χ4n) is 2.68. The molecule has 1 unspecified atom stereocenters. The molecule has 0 aromatic heterocycles. The highest BCUT2D eigenvalue weighted by Gasteiger charge is 2.31. The van der Waals surface area contributed by atoms with Crippen LogP contribution in [0.3, 0.4) is 0 Å². The maximum Gasteiger partial charge on any atom is 0.284 e. The SMILES string of the molecule is COc1cc(C(N)C2=C3C(=O)N=C(N)N=C3N=C2)cc(OC)c1OC. The van der Waals surface area contributed by atoms with Crippen LogP contribution in [0.25, 0.3) is 0 Å². The van der Waals surface area contributed by atoms with E-state index in [0.717, 1.165) is 0 Å². The summed E-state index contributed by atoms with van der Waals surface area (Å²) in [4.78, 5) is 23.9. The zero-order valence-corrected chi connectivity index (χ0v) is 13.9. The number of amidine groups is 1. The molecule has 1 aromatic rings. The van der Waals surface area contributed by atoms with Crippen molar-refractivity contribution in [2.75, 3.05) is 21.3 Å². The lowest BCUT2D eigenvalue weighted by molar-refractivity contribution is -0.114. The molecule has 3 rings (SSSR count). The predicted molar refractivity (Wildman–Crippen MR) is 92.6 cm³/mol. The molecule has 2 aliphatic heterocycles. The van der Waals surface area contributed by atoms with Gasteiger partial charge in [0, 0.05) is 11.8 Å². The van der Waals surface area contributed by atoms with Gasteiger partial charge in [0.1, 0.15) is 0 Å². The molecule has 0 fully saturated rings. The lowest BCUT2D eigenvalue weighted by Crippen LogP contribution is -2.24. The average molecular weight is 343 g/mol. The lowest BCUT2D eigenvalue weighted by Gasteiger charge is -2.18.